The third kappa shape index (κ3) is 5.50. The second kappa shape index (κ2) is 8.91. The Kier molecular flexibility index (Phi) is 6.69. The van der Waals surface area contributed by atoms with E-state index in [9.17, 15) is 23.1 Å². The summed E-state index contributed by atoms with van der Waals surface area (Å²) in [5.41, 5.74) is -0.882. The average Bonchev–Trinajstić information content (AvgIpc) is 2.69. The molecule has 2 aromatic rings. The number of benzene rings is 1. The molecule has 9 heteroatoms. The summed E-state index contributed by atoms with van der Waals surface area (Å²) < 4.78 is 38.7. The van der Waals surface area contributed by atoms with Gasteiger partial charge >= 0.3 is 6.18 Å². The molecule has 0 unspecified atom stereocenters. The van der Waals surface area contributed by atoms with Gasteiger partial charge in [0.15, 0.2) is 0 Å². The molecule has 1 saturated heterocycles. The highest BCUT2D eigenvalue weighted by Gasteiger charge is 2.35. The maximum atomic E-state index is 12.9. The Bertz CT molecular complexity index is 899. The van der Waals surface area contributed by atoms with Crippen LogP contribution in [0.3, 0.4) is 0 Å². The molecule has 3 rings (SSSR count). The molecule has 0 radical (unpaired) electrons. The number of rotatable bonds is 5. The lowest BCUT2D eigenvalue weighted by Crippen LogP contribution is -2.51. The van der Waals surface area contributed by atoms with E-state index in [0.29, 0.717) is 38.0 Å². The van der Waals surface area contributed by atoms with Crippen LogP contribution in [0.1, 0.15) is 34.3 Å². The molecular weight excluding hydrogens is 419 g/mol. The number of pyridine rings is 1. The number of piperidine rings is 1. The molecule has 1 aliphatic rings. The number of alkyl halides is 3. The number of amides is 1. The van der Waals surface area contributed by atoms with Crippen LogP contribution in [-0.4, -0.2) is 58.1 Å². The number of aromatic nitrogens is 1. The van der Waals surface area contributed by atoms with E-state index in [-0.39, 0.29) is 23.2 Å². The molecule has 1 aromatic carbocycles. The van der Waals surface area contributed by atoms with Crippen molar-refractivity contribution >= 4 is 17.5 Å². The molecule has 1 N–H and O–H groups in total. The first-order valence-electron chi connectivity index (χ1n) is 9.54. The monoisotopic (exact) mass is 441 g/mol. The van der Waals surface area contributed by atoms with Gasteiger partial charge in [0.2, 0.25) is 0 Å². The van der Waals surface area contributed by atoms with Crippen molar-refractivity contribution in [1.29, 1.82) is 0 Å². The van der Waals surface area contributed by atoms with Crippen LogP contribution in [0, 0.1) is 0 Å². The molecule has 1 amide bonds. The molecule has 5 nitrogen and oxygen atoms in total. The minimum absolute atomic E-state index is 0.109. The number of aliphatic hydroxyl groups is 1. The third-order valence-electron chi connectivity index (χ3n) is 5.31. The third-order valence-corrected chi connectivity index (χ3v) is 5.62. The number of carbonyl (C=O) groups excluding carboxylic acids is 1. The molecule has 0 spiro atoms. The maximum Gasteiger partial charge on any atom is 0.416 e. The van der Waals surface area contributed by atoms with Gasteiger partial charge in [-0.2, -0.15) is 13.2 Å². The zero-order valence-corrected chi connectivity index (χ0v) is 17.2. The van der Waals surface area contributed by atoms with E-state index in [1.54, 1.807) is 25.2 Å². The summed E-state index contributed by atoms with van der Waals surface area (Å²) in [6.45, 7) is 1.54. The number of nitrogens with zero attached hydrogens (tertiary/aromatic N) is 3. The van der Waals surface area contributed by atoms with Gasteiger partial charge in [-0.25, -0.2) is 4.98 Å². The summed E-state index contributed by atoms with van der Waals surface area (Å²) in [7, 11) is 1.60. The Labute approximate surface area is 178 Å². The first-order chi connectivity index (χ1) is 14.1. The van der Waals surface area contributed by atoms with Gasteiger partial charge in [-0.05, 0) is 36.6 Å². The molecular formula is C21H23ClF3N3O2. The number of likely N-dealkylation sites (tertiary alicyclic amines) is 1. The molecule has 0 saturated carbocycles. The van der Waals surface area contributed by atoms with E-state index in [0.717, 1.165) is 12.1 Å². The Morgan fingerprint density at radius 2 is 1.97 bits per heavy atom. The summed E-state index contributed by atoms with van der Waals surface area (Å²) in [5.74, 6) is -0.326. The van der Waals surface area contributed by atoms with Gasteiger partial charge in [-0.3, -0.25) is 9.69 Å². The van der Waals surface area contributed by atoms with Crippen molar-refractivity contribution in [2.75, 3.05) is 26.7 Å². The molecule has 162 valence electrons. The molecule has 1 aliphatic heterocycles. The summed E-state index contributed by atoms with van der Waals surface area (Å²) in [4.78, 5) is 19.9. The number of halogens is 4. The minimum Gasteiger partial charge on any atom is -0.388 e. The Hall–Kier alpha value is -2.16. The van der Waals surface area contributed by atoms with Gasteiger partial charge in [0.05, 0.1) is 16.7 Å². The topological polar surface area (TPSA) is 56.7 Å². The summed E-state index contributed by atoms with van der Waals surface area (Å²) in [5, 5.41) is 11.0. The van der Waals surface area contributed by atoms with Crippen LogP contribution >= 0.6 is 11.6 Å². The van der Waals surface area contributed by atoms with Crippen molar-refractivity contribution in [3.63, 3.8) is 0 Å². The molecule has 1 fully saturated rings. The zero-order valence-electron chi connectivity index (χ0n) is 16.5. The van der Waals surface area contributed by atoms with Gasteiger partial charge in [0, 0.05) is 39.4 Å². The van der Waals surface area contributed by atoms with E-state index in [1.165, 1.54) is 17.2 Å². The van der Waals surface area contributed by atoms with Crippen molar-refractivity contribution in [3.05, 3.63) is 64.4 Å². The number of hydrogen-bond donors (Lipinski definition) is 1. The van der Waals surface area contributed by atoms with E-state index in [2.05, 4.69) is 4.98 Å². The van der Waals surface area contributed by atoms with Crippen LogP contribution in [0.4, 0.5) is 13.2 Å². The van der Waals surface area contributed by atoms with Crippen molar-refractivity contribution in [3.8, 4) is 0 Å². The van der Waals surface area contributed by atoms with E-state index >= 15 is 0 Å². The smallest absolute Gasteiger partial charge is 0.388 e. The lowest BCUT2D eigenvalue weighted by molar-refractivity contribution is -0.137. The normalized spacial score (nSPS) is 17.0. The molecule has 30 heavy (non-hydrogen) atoms. The second-order valence-corrected chi connectivity index (χ2v) is 8.06. The highest BCUT2D eigenvalue weighted by Crippen LogP contribution is 2.30. The van der Waals surface area contributed by atoms with Crippen molar-refractivity contribution < 1.29 is 23.1 Å². The highest BCUT2D eigenvalue weighted by atomic mass is 35.5. The molecule has 0 aliphatic carbocycles. The fourth-order valence-electron chi connectivity index (χ4n) is 3.65. The predicted octanol–water partition coefficient (Wildman–Crippen LogP) is 3.85. The Balaban J connectivity index is 1.57. The quantitative estimate of drug-likeness (QED) is 0.716. The average molecular weight is 442 g/mol. The van der Waals surface area contributed by atoms with Crippen molar-refractivity contribution in [2.45, 2.75) is 31.2 Å². The first-order valence-corrected chi connectivity index (χ1v) is 9.92. The van der Waals surface area contributed by atoms with Crippen LogP contribution in [0.5, 0.6) is 0 Å². The molecule has 0 atom stereocenters. The fraction of sp³-hybridized carbons (Fsp3) is 0.429. The fourth-order valence-corrected chi connectivity index (χ4v) is 3.85. The van der Waals surface area contributed by atoms with Gasteiger partial charge in [-0.15, -0.1) is 0 Å². The van der Waals surface area contributed by atoms with Crippen LogP contribution in [0.15, 0.2) is 42.6 Å². The van der Waals surface area contributed by atoms with Gasteiger partial charge in [0.1, 0.15) is 5.15 Å². The van der Waals surface area contributed by atoms with Crippen molar-refractivity contribution in [2.24, 2.45) is 0 Å². The summed E-state index contributed by atoms with van der Waals surface area (Å²) in [6.07, 6.45) is -2.06. The predicted molar refractivity (Wildman–Crippen MR) is 107 cm³/mol. The first kappa shape index (κ1) is 22.5. The summed E-state index contributed by atoms with van der Waals surface area (Å²) in [6, 6.07) is 8.48. The van der Waals surface area contributed by atoms with Gasteiger partial charge in [0.25, 0.3) is 5.91 Å². The van der Waals surface area contributed by atoms with Crippen LogP contribution in [0.2, 0.25) is 5.15 Å². The zero-order chi connectivity index (χ0) is 21.9. The van der Waals surface area contributed by atoms with Crippen molar-refractivity contribution in [1.82, 2.24) is 14.8 Å². The Morgan fingerprint density at radius 3 is 2.60 bits per heavy atom. The highest BCUT2D eigenvalue weighted by molar-refractivity contribution is 6.32. The lowest BCUT2D eigenvalue weighted by Gasteiger charge is -2.40. The minimum atomic E-state index is -4.37. The van der Waals surface area contributed by atoms with E-state index < -0.39 is 17.3 Å². The van der Waals surface area contributed by atoms with Crippen LogP contribution < -0.4 is 0 Å². The van der Waals surface area contributed by atoms with E-state index in [1.807, 2.05) is 4.90 Å². The number of likely N-dealkylation sites (N-methyl/N-ethyl adjacent to an activating group) is 1. The number of hydrogen-bond acceptors (Lipinski definition) is 4. The molecule has 2 heterocycles. The Morgan fingerprint density at radius 1 is 1.27 bits per heavy atom. The number of carbonyl (C=O) groups is 1. The lowest BCUT2D eigenvalue weighted by atomic mass is 9.90. The largest absolute Gasteiger partial charge is 0.416 e. The SMILES string of the molecule is CN(CC1(O)CCN(Cc2cccc(C(F)(F)F)c2)CC1)C(=O)c1cccnc1Cl. The molecule has 1 aromatic heterocycles. The van der Waals surface area contributed by atoms with Gasteiger partial charge in [-0.1, -0.05) is 29.8 Å². The summed E-state index contributed by atoms with van der Waals surface area (Å²) >= 11 is 5.98. The van der Waals surface area contributed by atoms with Crippen LogP contribution in [-0.2, 0) is 12.7 Å². The van der Waals surface area contributed by atoms with Crippen LogP contribution in [0.25, 0.3) is 0 Å². The van der Waals surface area contributed by atoms with Gasteiger partial charge < -0.3 is 10.0 Å². The van der Waals surface area contributed by atoms with E-state index in [4.69, 9.17) is 11.6 Å². The molecule has 0 bridgehead atoms. The standard InChI is InChI=1S/C21H23ClF3N3O2/c1-27(19(29)17-6-3-9-26-18(17)22)14-20(30)7-10-28(11-8-20)13-15-4-2-5-16(12-15)21(23,24)25/h2-6,9,12,30H,7-8,10-11,13-14H2,1H3. The second-order valence-electron chi connectivity index (χ2n) is 7.70. The maximum absolute atomic E-state index is 12.9.